The van der Waals surface area contributed by atoms with Gasteiger partial charge in [-0.2, -0.15) is 0 Å². The van der Waals surface area contributed by atoms with Crippen molar-refractivity contribution in [3.8, 4) is 0 Å². The summed E-state index contributed by atoms with van der Waals surface area (Å²) in [6.45, 7) is 0.955. The van der Waals surface area contributed by atoms with Crippen molar-refractivity contribution in [1.29, 1.82) is 0 Å². The van der Waals surface area contributed by atoms with E-state index in [0.717, 1.165) is 5.69 Å². The molecule has 82 valence electrons. The standard InChI is InChI=1S/C11H17N3O/c1-14(2)10-6-4-3-5-9(10)11(15)13-8-7-12/h3-6H,7-8,12H2,1-2H3,(H,13,15). The van der Waals surface area contributed by atoms with Gasteiger partial charge in [0, 0.05) is 32.9 Å². The number of para-hydroxylation sites is 1. The summed E-state index contributed by atoms with van der Waals surface area (Å²) in [5, 5.41) is 2.75. The maximum absolute atomic E-state index is 11.7. The van der Waals surface area contributed by atoms with Crippen LogP contribution in [0, 0.1) is 0 Å². The molecule has 0 unspecified atom stereocenters. The van der Waals surface area contributed by atoms with Crippen LogP contribution < -0.4 is 16.0 Å². The fourth-order valence-electron chi connectivity index (χ4n) is 1.34. The van der Waals surface area contributed by atoms with Gasteiger partial charge >= 0.3 is 0 Å². The number of amides is 1. The van der Waals surface area contributed by atoms with Gasteiger partial charge in [0.1, 0.15) is 0 Å². The topological polar surface area (TPSA) is 58.4 Å². The SMILES string of the molecule is CN(C)c1ccccc1C(=O)NCCN. The Bertz CT molecular complexity index is 336. The average molecular weight is 207 g/mol. The fraction of sp³-hybridized carbons (Fsp3) is 0.364. The van der Waals surface area contributed by atoms with Crippen molar-refractivity contribution in [3.63, 3.8) is 0 Å². The van der Waals surface area contributed by atoms with Crippen LogP contribution in [0.3, 0.4) is 0 Å². The molecule has 4 nitrogen and oxygen atoms in total. The number of nitrogens with two attached hydrogens (primary N) is 1. The summed E-state index contributed by atoms with van der Waals surface area (Å²) in [7, 11) is 3.82. The van der Waals surface area contributed by atoms with Crippen LogP contribution in [0.1, 0.15) is 10.4 Å². The Hall–Kier alpha value is -1.55. The number of rotatable bonds is 4. The Morgan fingerprint density at radius 2 is 2.07 bits per heavy atom. The lowest BCUT2D eigenvalue weighted by Crippen LogP contribution is -2.30. The molecule has 0 aliphatic heterocycles. The fourth-order valence-corrected chi connectivity index (χ4v) is 1.34. The van der Waals surface area contributed by atoms with Gasteiger partial charge in [0.15, 0.2) is 0 Å². The Balaban J connectivity index is 2.87. The first-order valence-corrected chi connectivity index (χ1v) is 4.91. The number of carbonyl (C=O) groups is 1. The molecule has 0 atom stereocenters. The Labute approximate surface area is 90.1 Å². The van der Waals surface area contributed by atoms with Gasteiger partial charge in [-0.1, -0.05) is 12.1 Å². The van der Waals surface area contributed by atoms with Crippen LogP contribution in [0.4, 0.5) is 5.69 Å². The molecule has 0 bridgehead atoms. The number of carbonyl (C=O) groups excluding carboxylic acids is 1. The van der Waals surface area contributed by atoms with Gasteiger partial charge in [0.25, 0.3) is 5.91 Å². The van der Waals surface area contributed by atoms with Gasteiger partial charge in [-0.3, -0.25) is 4.79 Å². The van der Waals surface area contributed by atoms with E-state index in [9.17, 15) is 4.79 Å². The van der Waals surface area contributed by atoms with Crippen LogP contribution in [0.15, 0.2) is 24.3 Å². The molecule has 0 aliphatic rings. The number of nitrogens with one attached hydrogen (secondary N) is 1. The number of hydrogen-bond donors (Lipinski definition) is 2. The third-order valence-corrected chi connectivity index (χ3v) is 2.06. The second-order valence-electron chi connectivity index (χ2n) is 3.46. The van der Waals surface area contributed by atoms with E-state index in [4.69, 9.17) is 5.73 Å². The van der Waals surface area contributed by atoms with Crippen molar-refractivity contribution in [1.82, 2.24) is 5.32 Å². The van der Waals surface area contributed by atoms with Crippen molar-refractivity contribution < 1.29 is 4.79 Å². The summed E-state index contributed by atoms with van der Waals surface area (Å²) < 4.78 is 0. The zero-order valence-corrected chi connectivity index (χ0v) is 9.16. The highest BCUT2D eigenvalue weighted by atomic mass is 16.1. The van der Waals surface area contributed by atoms with Gasteiger partial charge in [-0.05, 0) is 12.1 Å². The smallest absolute Gasteiger partial charge is 0.253 e. The average Bonchev–Trinajstić information content (AvgIpc) is 2.25. The van der Waals surface area contributed by atoms with Gasteiger partial charge in [-0.25, -0.2) is 0 Å². The summed E-state index contributed by atoms with van der Waals surface area (Å²) in [6.07, 6.45) is 0. The van der Waals surface area contributed by atoms with Crippen LogP contribution in [0.25, 0.3) is 0 Å². The molecular weight excluding hydrogens is 190 g/mol. The minimum absolute atomic E-state index is 0.0789. The summed E-state index contributed by atoms with van der Waals surface area (Å²) in [4.78, 5) is 13.6. The molecule has 0 saturated carbocycles. The molecular formula is C11H17N3O. The molecule has 1 amide bonds. The quantitative estimate of drug-likeness (QED) is 0.753. The van der Waals surface area contributed by atoms with Crippen LogP contribution in [-0.2, 0) is 0 Å². The third-order valence-electron chi connectivity index (χ3n) is 2.06. The second kappa shape index (κ2) is 5.36. The third kappa shape index (κ3) is 2.95. The zero-order valence-electron chi connectivity index (χ0n) is 9.16. The molecule has 4 heteroatoms. The predicted molar refractivity (Wildman–Crippen MR) is 62.2 cm³/mol. The van der Waals surface area contributed by atoms with E-state index in [0.29, 0.717) is 18.7 Å². The highest BCUT2D eigenvalue weighted by Gasteiger charge is 2.10. The van der Waals surface area contributed by atoms with E-state index in [2.05, 4.69) is 5.32 Å². The van der Waals surface area contributed by atoms with E-state index >= 15 is 0 Å². The number of benzene rings is 1. The number of hydrogen-bond acceptors (Lipinski definition) is 3. The Morgan fingerprint density at radius 3 is 2.67 bits per heavy atom. The zero-order chi connectivity index (χ0) is 11.3. The van der Waals surface area contributed by atoms with Crippen molar-refractivity contribution in [2.75, 3.05) is 32.1 Å². The maximum Gasteiger partial charge on any atom is 0.253 e. The van der Waals surface area contributed by atoms with E-state index in [1.165, 1.54) is 0 Å². The lowest BCUT2D eigenvalue weighted by molar-refractivity contribution is 0.0955. The number of nitrogens with zero attached hydrogens (tertiary/aromatic N) is 1. The molecule has 0 saturated heterocycles. The van der Waals surface area contributed by atoms with Crippen LogP contribution >= 0.6 is 0 Å². The Morgan fingerprint density at radius 1 is 1.40 bits per heavy atom. The molecule has 1 rings (SSSR count). The van der Waals surface area contributed by atoms with Gasteiger partial charge in [0.05, 0.1) is 5.56 Å². The summed E-state index contributed by atoms with van der Waals surface area (Å²) in [5.41, 5.74) is 6.91. The van der Waals surface area contributed by atoms with Crippen molar-refractivity contribution in [2.45, 2.75) is 0 Å². The van der Waals surface area contributed by atoms with Crippen molar-refractivity contribution >= 4 is 11.6 Å². The minimum Gasteiger partial charge on any atom is -0.377 e. The number of anilines is 1. The maximum atomic E-state index is 11.7. The lowest BCUT2D eigenvalue weighted by atomic mass is 10.1. The van der Waals surface area contributed by atoms with Crippen molar-refractivity contribution in [3.05, 3.63) is 29.8 Å². The predicted octanol–water partition coefficient (Wildman–Crippen LogP) is 0.441. The van der Waals surface area contributed by atoms with Crippen LogP contribution in [-0.4, -0.2) is 33.1 Å². The summed E-state index contributed by atoms with van der Waals surface area (Å²) in [5.74, 6) is -0.0789. The van der Waals surface area contributed by atoms with Gasteiger partial charge in [-0.15, -0.1) is 0 Å². The molecule has 0 aromatic heterocycles. The van der Waals surface area contributed by atoms with Crippen LogP contribution in [0.5, 0.6) is 0 Å². The van der Waals surface area contributed by atoms with Gasteiger partial charge < -0.3 is 16.0 Å². The van der Waals surface area contributed by atoms with E-state index in [1.807, 2.05) is 37.2 Å². The normalized spacial score (nSPS) is 9.80. The Kier molecular flexibility index (Phi) is 4.12. The minimum atomic E-state index is -0.0789. The largest absolute Gasteiger partial charge is 0.377 e. The first kappa shape index (κ1) is 11.5. The van der Waals surface area contributed by atoms with E-state index in [1.54, 1.807) is 6.07 Å². The van der Waals surface area contributed by atoms with Gasteiger partial charge in [0.2, 0.25) is 0 Å². The molecule has 1 aromatic carbocycles. The van der Waals surface area contributed by atoms with E-state index in [-0.39, 0.29) is 5.91 Å². The summed E-state index contributed by atoms with van der Waals surface area (Å²) >= 11 is 0. The monoisotopic (exact) mass is 207 g/mol. The second-order valence-corrected chi connectivity index (χ2v) is 3.46. The molecule has 3 N–H and O–H groups in total. The van der Waals surface area contributed by atoms with Crippen molar-refractivity contribution in [2.24, 2.45) is 5.73 Å². The first-order chi connectivity index (χ1) is 7.16. The molecule has 0 fully saturated rings. The molecule has 0 aliphatic carbocycles. The first-order valence-electron chi connectivity index (χ1n) is 4.91. The molecule has 0 heterocycles. The molecule has 1 aromatic rings. The lowest BCUT2D eigenvalue weighted by Gasteiger charge is -2.16. The highest BCUT2D eigenvalue weighted by molar-refractivity contribution is 5.99. The molecule has 0 spiro atoms. The van der Waals surface area contributed by atoms with Crippen LogP contribution in [0.2, 0.25) is 0 Å². The molecule has 0 radical (unpaired) electrons. The summed E-state index contributed by atoms with van der Waals surface area (Å²) in [6, 6.07) is 7.48. The molecule has 15 heavy (non-hydrogen) atoms. The van der Waals surface area contributed by atoms with E-state index < -0.39 is 0 Å². The highest BCUT2D eigenvalue weighted by Crippen LogP contribution is 2.17.